The van der Waals surface area contributed by atoms with Crippen molar-refractivity contribution in [3.05, 3.63) is 17.7 Å². The van der Waals surface area contributed by atoms with Crippen LogP contribution < -0.4 is 0 Å². The summed E-state index contributed by atoms with van der Waals surface area (Å²) in [5, 5.41) is 14.8. The maximum absolute atomic E-state index is 12.0. The number of ether oxygens (including phenoxy) is 1. The molecule has 9 heteroatoms. The van der Waals surface area contributed by atoms with Gasteiger partial charge in [-0.2, -0.15) is 0 Å². The molecule has 1 fully saturated rings. The Labute approximate surface area is 145 Å². The molecule has 3 N–H and O–H groups in total. The number of carboxylic acids is 2. The van der Waals surface area contributed by atoms with Gasteiger partial charge in [-0.15, -0.1) is 0 Å². The second kappa shape index (κ2) is 9.05. The van der Waals surface area contributed by atoms with E-state index in [1.165, 1.54) is 12.1 Å². The summed E-state index contributed by atoms with van der Waals surface area (Å²) in [5.74, 6) is -3.38. The van der Waals surface area contributed by atoms with Crippen LogP contribution in [0.25, 0.3) is 0 Å². The van der Waals surface area contributed by atoms with E-state index in [0.717, 1.165) is 50.9 Å². The number of H-pyrrole nitrogens is 1. The monoisotopic (exact) mass is 353 g/mol. The lowest BCUT2D eigenvalue weighted by atomic mass is 9.90. The molecule has 25 heavy (non-hydrogen) atoms. The number of aliphatic carboxylic acids is 2. The molecule has 3 rings (SSSR count). The van der Waals surface area contributed by atoms with E-state index >= 15 is 0 Å². The molecule has 1 amide bonds. The number of fused-ring (bicyclic) bond motifs is 1. The summed E-state index contributed by atoms with van der Waals surface area (Å²) < 4.78 is 5.48. The number of nitrogens with one attached hydrogen (secondary N) is 1. The number of nitrogens with zero attached hydrogens (tertiary/aromatic N) is 2. The number of carboxylic acid groups (broad SMARTS) is 2. The Hall–Kier alpha value is -2.58. The van der Waals surface area contributed by atoms with Gasteiger partial charge in [-0.1, -0.05) is 0 Å². The molecule has 1 aromatic rings. The summed E-state index contributed by atoms with van der Waals surface area (Å²) in [5.41, 5.74) is 2.31. The number of rotatable bonds is 2. The van der Waals surface area contributed by atoms with Gasteiger partial charge >= 0.3 is 18.0 Å². The molecule has 0 saturated carbocycles. The molecule has 2 heterocycles. The largest absolute Gasteiger partial charge is 0.473 e. The highest BCUT2D eigenvalue weighted by molar-refractivity contribution is 6.27. The van der Waals surface area contributed by atoms with E-state index in [2.05, 4.69) is 9.97 Å². The number of imidazole rings is 1. The molecule has 9 nitrogen and oxygen atoms in total. The number of piperidine rings is 1. The Morgan fingerprint density at radius 3 is 2.48 bits per heavy atom. The van der Waals surface area contributed by atoms with Crippen LogP contribution in [-0.2, 0) is 20.7 Å². The summed E-state index contributed by atoms with van der Waals surface area (Å²) in [4.78, 5) is 39.5. The number of aromatic amines is 1. The SMILES string of the molecule is O=C(O)C(=O)O.O=C(OCC1CCCc2[nH]cnc21)N1CCCCC1. The van der Waals surface area contributed by atoms with Crippen molar-refractivity contribution in [2.45, 2.75) is 44.4 Å². The van der Waals surface area contributed by atoms with Gasteiger partial charge < -0.3 is 24.8 Å². The Balaban J connectivity index is 0.000000326. The van der Waals surface area contributed by atoms with Crippen molar-refractivity contribution in [2.75, 3.05) is 19.7 Å². The van der Waals surface area contributed by atoms with E-state index in [4.69, 9.17) is 24.5 Å². The molecule has 2 aliphatic rings. The fraction of sp³-hybridized carbons (Fsp3) is 0.625. The highest BCUT2D eigenvalue weighted by Gasteiger charge is 2.25. The number of carbonyl (C=O) groups excluding carboxylic acids is 1. The van der Waals surface area contributed by atoms with E-state index in [1.807, 2.05) is 4.90 Å². The first-order valence-electron chi connectivity index (χ1n) is 8.39. The average Bonchev–Trinajstić information content (AvgIpc) is 3.10. The zero-order valence-corrected chi connectivity index (χ0v) is 13.9. The molecular formula is C16H23N3O6. The predicted octanol–water partition coefficient (Wildman–Crippen LogP) is 1.61. The van der Waals surface area contributed by atoms with Crippen LogP contribution in [0.4, 0.5) is 4.79 Å². The Kier molecular flexibility index (Phi) is 6.79. The molecule has 0 aromatic carbocycles. The van der Waals surface area contributed by atoms with Crippen molar-refractivity contribution in [2.24, 2.45) is 0 Å². The molecule has 1 aliphatic carbocycles. The molecule has 1 unspecified atom stereocenters. The van der Waals surface area contributed by atoms with Gasteiger partial charge in [-0.05, 0) is 38.5 Å². The lowest BCUT2D eigenvalue weighted by Crippen LogP contribution is -2.36. The number of amides is 1. The molecule has 1 aromatic heterocycles. The van der Waals surface area contributed by atoms with E-state index in [-0.39, 0.29) is 12.0 Å². The molecule has 0 bridgehead atoms. The summed E-state index contributed by atoms with van der Waals surface area (Å²) in [6.45, 7) is 2.15. The van der Waals surface area contributed by atoms with Crippen molar-refractivity contribution in [3.8, 4) is 0 Å². The Bertz CT molecular complexity index is 597. The minimum absolute atomic E-state index is 0.151. The van der Waals surface area contributed by atoms with Crippen LogP contribution in [-0.4, -0.2) is 62.8 Å². The van der Waals surface area contributed by atoms with Crippen molar-refractivity contribution in [3.63, 3.8) is 0 Å². The van der Waals surface area contributed by atoms with Crippen molar-refractivity contribution in [1.29, 1.82) is 0 Å². The topological polar surface area (TPSA) is 133 Å². The number of carbonyl (C=O) groups is 3. The predicted molar refractivity (Wildman–Crippen MR) is 86.3 cm³/mol. The Morgan fingerprint density at radius 2 is 1.84 bits per heavy atom. The van der Waals surface area contributed by atoms with Crippen molar-refractivity contribution < 1.29 is 29.3 Å². The van der Waals surface area contributed by atoms with E-state index < -0.39 is 11.9 Å². The third-order valence-corrected chi connectivity index (χ3v) is 4.32. The molecule has 0 radical (unpaired) electrons. The van der Waals surface area contributed by atoms with Gasteiger partial charge in [-0.25, -0.2) is 19.4 Å². The smallest absolute Gasteiger partial charge is 0.414 e. The summed E-state index contributed by atoms with van der Waals surface area (Å²) in [6.07, 6.45) is 8.28. The molecule has 1 saturated heterocycles. The molecule has 1 atom stereocenters. The quantitative estimate of drug-likeness (QED) is 0.688. The van der Waals surface area contributed by atoms with E-state index in [1.54, 1.807) is 6.33 Å². The number of aromatic nitrogens is 2. The van der Waals surface area contributed by atoms with Gasteiger partial charge in [0.15, 0.2) is 0 Å². The third kappa shape index (κ3) is 5.47. The maximum atomic E-state index is 12.0. The molecule has 1 aliphatic heterocycles. The fourth-order valence-corrected chi connectivity index (χ4v) is 3.05. The highest BCUT2D eigenvalue weighted by Crippen LogP contribution is 2.29. The highest BCUT2D eigenvalue weighted by atomic mass is 16.6. The number of hydrogen-bond donors (Lipinski definition) is 3. The van der Waals surface area contributed by atoms with Gasteiger partial charge in [-0.3, -0.25) is 0 Å². The van der Waals surface area contributed by atoms with Crippen LogP contribution in [0.2, 0.25) is 0 Å². The van der Waals surface area contributed by atoms with Gasteiger partial charge in [0.05, 0.1) is 12.0 Å². The normalized spacial score (nSPS) is 19.2. The summed E-state index contributed by atoms with van der Waals surface area (Å²) >= 11 is 0. The standard InChI is InChI=1S/C14H21N3O2.C2H2O4/c18-14(17-7-2-1-3-8-17)19-9-11-5-4-6-12-13(11)16-10-15-12;3-1(4)2(5)6/h10-11H,1-9H2,(H,15,16);(H,3,4)(H,5,6). The second-order valence-corrected chi connectivity index (χ2v) is 6.09. The van der Waals surface area contributed by atoms with E-state index in [9.17, 15) is 4.79 Å². The molecular weight excluding hydrogens is 330 g/mol. The molecule has 0 spiro atoms. The second-order valence-electron chi connectivity index (χ2n) is 6.09. The maximum Gasteiger partial charge on any atom is 0.414 e. The van der Waals surface area contributed by atoms with E-state index in [0.29, 0.717) is 6.61 Å². The van der Waals surface area contributed by atoms with Crippen molar-refractivity contribution >= 4 is 18.0 Å². The number of likely N-dealkylation sites (tertiary alicyclic amines) is 1. The summed E-state index contributed by atoms with van der Waals surface area (Å²) in [7, 11) is 0. The average molecular weight is 353 g/mol. The number of aryl methyl sites for hydroxylation is 1. The van der Waals surface area contributed by atoms with Crippen LogP contribution in [0.5, 0.6) is 0 Å². The van der Waals surface area contributed by atoms with Crippen molar-refractivity contribution in [1.82, 2.24) is 14.9 Å². The first kappa shape index (κ1) is 18.8. The molecule has 138 valence electrons. The van der Waals surface area contributed by atoms with Crippen LogP contribution in [0, 0.1) is 0 Å². The van der Waals surface area contributed by atoms with Gasteiger partial charge in [0.25, 0.3) is 0 Å². The summed E-state index contributed by atoms with van der Waals surface area (Å²) in [6, 6.07) is 0. The Morgan fingerprint density at radius 1 is 1.16 bits per heavy atom. The van der Waals surface area contributed by atoms with Crippen LogP contribution in [0.3, 0.4) is 0 Å². The van der Waals surface area contributed by atoms with Gasteiger partial charge in [0, 0.05) is 24.7 Å². The van der Waals surface area contributed by atoms with Gasteiger partial charge in [0.1, 0.15) is 6.61 Å². The van der Waals surface area contributed by atoms with Crippen LogP contribution in [0.1, 0.15) is 49.4 Å². The van der Waals surface area contributed by atoms with Gasteiger partial charge in [0.2, 0.25) is 0 Å². The number of hydrogen-bond acceptors (Lipinski definition) is 5. The lowest BCUT2D eigenvalue weighted by Gasteiger charge is -2.27. The zero-order chi connectivity index (χ0) is 18.2. The van der Waals surface area contributed by atoms with Crippen LogP contribution >= 0.6 is 0 Å². The fourth-order valence-electron chi connectivity index (χ4n) is 3.05. The first-order valence-corrected chi connectivity index (χ1v) is 8.39. The zero-order valence-electron chi connectivity index (χ0n) is 13.9. The first-order chi connectivity index (χ1) is 12.0. The third-order valence-electron chi connectivity index (χ3n) is 4.32. The van der Waals surface area contributed by atoms with Crippen LogP contribution in [0.15, 0.2) is 6.33 Å². The lowest BCUT2D eigenvalue weighted by molar-refractivity contribution is -0.159. The minimum Gasteiger partial charge on any atom is -0.473 e. The minimum atomic E-state index is -1.82.